The first-order valence-corrected chi connectivity index (χ1v) is 6.62. The minimum absolute atomic E-state index is 0.289. The Labute approximate surface area is 119 Å². The van der Waals surface area contributed by atoms with Gasteiger partial charge in [0.15, 0.2) is 5.69 Å². The average molecular weight is 269 g/mol. The van der Waals surface area contributed by atoms with Gasteiger partial charge in [-0.1, -0.05) is 17.7 Å². The van der Waals surface area contributed by atoms with Gasteiger partial charge in [-0.3, -0.25) is 0 Å². The van der Waals surface area contributed by atoms with E-state index in [9.17, 15) is 10.4 Å². The van der Waals surface area contributed by atoms with Gasteiger partial charge in [-0.25, -0.2) is 4.68 Å². The van der Waals surface area contributed by atoms with Gasteiger partial charge >= 0.3 is 0 Å². The first kappa shape index (κ1) is 14.3. The van der Waals surface area contributed by atoms with Crippen molar-refractivity contribution in [2.45, 2.75) is 40.7 Å². The zero-order valence-corrected chi connectivity index (χ0v) is 12.5. The van der Waals surface area contributed by atoms with Crippen LogP contribution in [0.5, 0.6) is 0 Å². The Balaban J connectivity index is 2.76. The van der Waals surface area contributed by atoms with Crippen LogP contribution in [0.4, 0.5) is 0 Å². The van der Waals surface area contributed by atoms with E-state index >= 15 is 0 Å². The number of aliphatic hydroxyl groups is 1. The van der Waals surface area contributed by atoms with Crippen LogP contribution in [-0.2, 0) is 0 Å². The highest BCUT2D eigenvalue weighted by Gasteiger charge is 2.20. The van der Waals surface area contributed by atoms with Crippen LogP contribution < -0.4 is 0 Å². The summed E-state index contributed by atoms with van der Waals surface area (Å²) in [6, 6.07) is 6.26. The molecule has 1 atom stereocenters. The van der Waals surface area contributed by atoms with E-state index < -0.39 is 6.10 Å². The van der Waals surface area contributed by atoms with Gasteiger partial charge < -0.3 is 5.11 Å². The first-order valence-electron chi connectivity index (χ1n) is 6.62. The van der Waals surface area contributed by atoms with Gasteiger partial charge in [-0.05, 0) is 45.7 Å². The number of aryl methyl sites for hydroxylation is 3. The van der Waals surface area contributed by atoms with Crippen LogP contribution in [0.25, 0.3) is 5.69 Å². The Morgan fingerprint density at radius 3 is 2.15 bits per heavy atom. The van der Waals surface area contributed by atoms with E-state index in [0.717, 1.165) is 22.5 Å². The Hall–Kier alpha value is -2.12. The number of benzene rings is 1. The van der Waals surface area contributed by atoms with Gasteiger partial charge in [-0.15, -0.1) is 0 Å². The van der Waals surface area contributed by atoms with E-state index in [1.807, 2.05) is 20.8 Å². The smallest absolute Gasteiger partial charge is 0.168 e. The molecular weight excluding hydrogens is 250 g/mol. The maximum atomic E-state index is 9.85. The summed E-state index contributed by atoms with van der Waals surface area (Å²) in [7, 11) is 0. The van der Waals surface area contributed by atoms with E-state index in [1.165, 1.54) is 5.56 Å². The van der Waals surface area contributed by atoms with Crippen LogP contribution in [0.15, 0.2) is 12.1 Å². The lowest BCUT2D eigenvalue weighted by Crippen LogP contribution is -2.05. The molecule has 0 aliphatic rings. The summed E-state index contributed by atoms with van der Waals surface area (Å²) in [6.07, 6.45) is -0.704. The van der Waals surface area contributed by atoms with Crippen molar-refractivity contribution < 1.29 is 5.11 Å². The van der Waals surface area contributed by atoms with E-state index in [4.69, 9.17) is 0 Å². The molecule has 1 aromatic carbocycles. The molecule has 0 saturated carbocycles. The van der Waals surface area contributed by atoms with Crippen LogP contribution in [0.2, 0.25) is 0 Å². The third kappa shape index (κ3) is 2.21. The molecule has 104 valence electrons. The molecule has 0 spiro atoms. The summed E-state index contributed by atoms with van der Waals surface area (Å²) in [5.41, 5.74) is 6.10. The van der Waals surface area contributed by atoms with Gasteiger partial charge in [0.2, 0.25) is 0 Å². The SMILES string of the molecule is Cc1cc(C)c(-n2nc(C#N)c(C(C)O)c2C)c(C)c1. The standard InChI is InChI=1S/C16H19N3O/c1-9-6-10(2)16(11(3)7-9)19-12(4)15(13(5)20)14(8-17)18-19/h6-7,13,20H,1-5H3. The minimum Gasteiger partial charge on any atom is -0.389 e. The molecule has 4 heteroatoms. The molecule has 1 N–H and O–H groups in total. The monoisotopic (exact) mass is 269 g/mol. The predicted octanol–water partition coefficient (Wildman–Crippen LogP) is 3.03. The molecule has 2 aromatic rings. The van der Waals surface area contributed by atoms with E-state index in [-0.39, 0.29) is 5.69 Å². The highest BCUT2D eigenvalue weighted by atomic mass is 16.3. The lowest BCUT2D eigenvalue weighted by Gasteiger charge is -2.13. The van der Waals surface area contributed by atoms with Crippen molar-refractivity contribution in [2.75, 3.05) is 0 Å². The summed E-state index contributed by atoms with van der Waals surface area (Å²) in [5.74, 6) is 0. The van der Waals surface area contributed by atoms with Gasteiger partial charge in [0.25, 0.3) is 0 Å². The zero-order chi connectivity index (χ0) is 15.0. The summed E-state index contributed by atoms with van der Waals surface area (Å²) >= 11 is 0. The number of hydrogen-bond acceptors (Lipinski definition) is 3. The molecule has 1 heterocycles. The Kier molecular flexibility index (Phi) is 3.65. The molecule has 0 fully saturated rings. The highest BCUT2D eigenvalue weighted by molar-refractivity contribution is 5.51. The molecular formula is C16H19N3O. The van der Waals surface area contributed by atoms with Crippen LogP contribution in [0, 0.1) is 39.0 Å². The molecule has 0 radical (unpaired) electrons. The second kappa shape index (κ2) is 5.10. The maximum Gasteiger partial charge on any atom is 0.168 e. The fourth-order valence-electron chi connectivity index (χ4n) is 2.82. The van der Waals surface area contributed by atoms with Crippen molar-refractivity contribution in [1.29, 1.82) is 5.26 Å². The Morgan fingerprint density at radius 2 is 1.75 bits per heavy atom. The number of aliphatic hydroxyl groups excluding tert-OH is 1. The fraction of sp³-hybridized carbons (Fsp3) is 0.375. The summed E-state index contributed by atoms with van der Waals surface area (Å²) < 4.78 is 1.77. The van der Waals surface area contributed by atoms with Crippen LogP contribution in [-0.4, -0.2) is 14.9 Å². The summed E-state index contributed by atoms with van der Waals surface area (Å²) in [4.78, 5) is 0. The van der Waals surface area contributed by atoms with Crippen molar-refractivity contribution in [1.82, 2.24) is 9.78 Å². The zero-order valence-electron chi connectivity index (χ0n) is 12.5. The molecule has 20 heavy (non-hydrogen) atoms. The summed E-state index contributed by atoms with van der Waals surface area (Å²) in [6.45, 7) is 9.66. The number of hydrogen-bond donors (Lipinski definition) is 1. The molecule has 0 aliphatic carbocycles. The Bertz CT molecular complexity index is 682. The predicted molar refractivity (Wildman–Crippen MR) is 77.9 cm³/mol. The molecule has 2 rings (SSSR count). The lowest BCUT2D eigenvalue weighted by molar-refractivity contribution is 0.198. The minimum atomic E-state index is -0.704. The van der Waals surface area contributed by atoms with Crippen molar-refractivity contribution in [3.63, 3.8) is 0 Å². The largest absolute Gasteiger partial charge is 0.389 e. The van der Waals surface area contributed by atoms with E-state index in [1.54, 1.807) is 11.6 Å². The molecule has 1 unspecified atom stereocenters. The normalized spacial score (nSPS) is 12.2. The molecule has 0 bridgehead atoms. The molecule has 1 aromatic heterocycles. The lowest BCUT2D eigenvalue weighted by atomic mass is 10.0. The van der Waals surface area contributed by atoms with Gasteiger partial charge in [0.05, 0.1) is 11.8 Å². The molecule has 0 saturated heterocycles. The number of nitrogens with zero attached hydrogens (tertiary/aromatic N) is 3. The molecule has 0 amide bonds. The second-order valence-corrected chi connectivity index (χ2v) is 5.29. The van der Waals surface area contributed by atoms with Crippen LogP contribution in [0.1, 0.15) is 46.7 Å². The third-order valence-electron chi connectivity index (χ3n) is 3.53. The Morgan fingerprint density at radius 1 is 1.20 bits per heavy atom. The van der Waals surface area contributed by atoms with Gasteiger partial charge in [0, 0.05) is 11.3 Å². The number of aromatic nitrogens is 2. The van der Waals surface area contributed by atoms with Gasteiger partial charge in [0.1, 0.15) is 6.07 Å². The van der Waals surface area contributed by atoms with Gasteiger partial charge in [-0.2, -0.15) is 10.4 Å². The molecule has 0 aliphatic heterocycles. The highest BCUT2D eigenvalue weighted by Crippen LogP contribution is 2.27. The van der Waals surface area contributed by atoms with E-state index in [2.05, 4.69) is 30.2 Å². The topological polar surface area (TPSA) is 61.8 Å². The van der Waals surface area contributed by atoms with Crippen LogP contribution >= 0.6 is 0 Å². The van der Waals surface area contributed by atoms with Crippen LogP contribution in [0.3, 0.4) is 0 Å². The fourth-order valence-corrected chi connectivity index (χ4v) is 2.82. The average Bonchev–Trinajstić information content (AvgIpc) is 2.65. The van der Waals surface area contributed by atoms with Crippen molar-refractivity contribution in [3.05, 3.63) is 45.8 Å². The summed E-state index contributed by atoms with van der Waals surface area (Å²) in [5, 5.41) is 23.4. The molecule has 4 nitrogen and oxygen atoms in total. The first-order chi connectivity index (χ1) is 9.36. The number of rotatable bonds is 2. The maximum absolute atomic E-state index is 9.85. The van der Waals surface area contributed by atoms with E-state index in [0.29, 0.717) is 5.56 Å². The van der Waals surface area contributed by atoms with Crippen molar-refractivity contribution in [2.24, 2.45) is 0 Å². The number of nitriles is 1. The third-order valence-corrected chi connectivity index (χ3v) is 3.53. The second-order valence-electron chi connectivity index (χ2n) is 5.29. The van der Waals surface area contributed by atoms with Crippen molar-refractivity contribution in [3.8, 4) is 11.8 Å². The quantitative estimate of drug-likeness (QED) is 0.911. The van der Waals surface area contributed by atoms with Crippen molar-refractivity contribution >= 4 is 0 Å².